The molecule has 0 radical (unpaired) electrons. The Morgan fingerprint density at radius 3 is 1.36 bits per heavy atom. The fourth-order valence-corrected chi connectivity index (χ4v) is 4.23. The molecule has 3 nitrogen and oxygen atoms in total. The van der Waals surface area contributed by atoms with Gasteiger partial charge in [-0.1, -0.05) is 121 Å². The van der Waals surface area contributed by atoms with Crippen LogP contribution in [0.15, 0.2) is 24.3 Å². The van der Waals surface area contributed by atoms with Crippen LogP contribution in [0.2, 0.25) is 0 Å². The minimum atomic E-state index is 0.278. The van der Waals surface area contributed by atoms with E-state index in [1.54, 1.807) is 0 Å². The minimum absolute atomic E-state index is 0.278. The van der Waals surface area contributed by atoms with Gasteiger partial charge in [-0.25, -0.2) is 0 Å². The molecular formula is C28H52Br2O3. The fourth-order valence-electron chi connectivity index (χ4n) is 3.70. The molecule has 0 spiro atoms. The fraction of sp³-hybridized carbons (Fsp3) is 0.857. The van der Waals surface area contributed by atoms with Crippen LogP contribution in [-0.4, -0.2) is 36.5 Å². The first-order chi connectivity index (χ1) is 16.3. The maximum absolute atomic E-state index is 6.09. The van der Waals surface area contributed by atoms with Crippen molar-refractivity contribution in [3.63, 3.8) is 0 Å². The highest BCUT2D eigenvalue weighted by Gasteiger charge is 2.10. The van der Waals surface area contributed by atoms with Crippen LogP contribution in [0.1, 0.15) is 117 Å². The van der Waals surface area contributed by atoms with E-state index in [2.05, 4.69) is 70.0 Å². The van der Waals surface area contributed by atoms with Gasteiger partial charge < -0.3 is 14.2 Å². The molecule has 0 saturated heterocycles. The van der Waals surface area contributed by atoms with Crippen molar-refractivity contribution in [1.82, 2.24) is 0 Å². The highest BCUT2D eigenvalue weighted by Crippen LogP contribution is 2.16. The Morgan fingerprint density at radius 1 is 0.545 bits per heavy atom. The van der Waals surface area contributed by atoms with E-state index in [0.29, 0.717) is 13.6 Å². The molecule has 0 aliphatic rings. The van der Waals surface area contributed by atoms with E-state index in [0.717, 1.165) is 62.0 Å². The van der Waals surface area contributed by atoms with Gasteiger partial charge in [0.2, 0.25) is 0 Å². The molecule has 0 aromatic carbocycles. The lowest BCUT2D eigenvalue weighted by atomic mass is 10.1. The van der Waals surface area contributed by atoms with Crippen molar-refractivity contribution in [1.29, 1.82) is 0 Å². The molecular weight excluding hydrogens is 544 g/mol. The number of rotatable bonds is 26. The third-order valence-corrected chi connectivity index (χ3v) is 6.64. The molecule has 5 heteroatoms. The van der Waals surface area contributed by atoms with Crippen LogP contribution < -0.4 is 0 Å². The van der Waals surface area contributed by atoms with Gasteiger partial charge >= 0.3 is 0 Å². The van der Waals surface area contributed by atoms with Gasteiger partial charge in [-0.3, -0.25) is 0 Å². The van der Waals surface area contributed by atoms with E-state index < -0.39 is 0 Å². The van der Waals surface area contributed by atoms with Gasteiger partial charge in [0.1, 0.15) is 13.6 Å². The van der Waals surface area contributed by atoms with E-state index in [4.69, 9.17) is 14.2 Å². The third-order valence-electron chi connectivity index (χ3n) is 5.73. The summed E-state index contributed by atoms with van der Waals surface area (Å²) in [6.07, 6.45) is 28.6. The summed E-state index contributed by atoms with van der Waals surface area (Å²) in [6.45, 7) is 5.18. The molecule has 2 atom stereocenters. The van der Waals surface area contributed by atoms with Gasteiger partial charge in [-0.15, -0.1) is 0 Å². The molecule has 33 heavy (non-hydrogen) atoms. The van der Waals surface area contributed by atoms with Gasteiger partial charge in [0, 0.05) is 10.7 Å². The predicted octanol–water partition coefficient (Wildman–Crippen LogP) is 9.87. The largest absolute Gasteiger partial charge is 0.352 e. The second-order valence-electron chi connectivity index (χ2n) is 8.77. The smallest absolute Gasteiger partial charge is 0.149 e. The summed E-state index contributed by atoms with van der Waals surface area (Å²) in [5, 5.41) is 2.06. The Morgan fingerprint density at radius 2 is 0.970 bits per heavy atom. The quantitative estimate of drug-likeness (QED) is 0.0431. The van der Waals surface area contributed by atoms with Crippen LogP contribution in [0.5, 0.6) is 0 Å². The maximum atomic E-state index is 6.09. The number of allylic oxidation sites excluding steroid dienone is 4. The molecule has 0 rings (SSSR count). The zero-order valence-corrected chi connectivity index (χ0v) is 24.8. The van der Waals surface area contributed by atoms with Gasteiger partial charge in [0.15, 0.2) is 0 Å². The van der Waals surface area contributed by atoms with Crippen molar-refractivity contribution in [2.24, 2.45) is 0 Å². The second kappa shape index (κ2) is 28.6. The summed E-state index contributed by atoms with van der Waals surface area (Å²) in [4.78, 5) is 0. The molecule has 0 bridgehead atoms. The SMILES string of the molecule is CCCCCCC(CC/C=C\CCBr)OCOCOC(CC/C=C\CCBr)CCCCCC. The van der Waals surface area contributed by atoms with Crippen molar-refractivity contribution >= 4 is 31.9 Å². The Labute approximate surface area is 222 Å². The Bertz CT molecular complexity index is 391. The van der Waals surface area contributed by atoms with Crippen LogP contribution in [0, 0.1) is 0 Å². The first-order valence-electron chi connectivity index (χ1n) is 13.5. The number of unbranched alkanes of at least 4 members (excludes halogenated alkanes) is 6. The molecule has 2 unspecified atom stereocenters. The van der Waals surface area contributed by atoms with Crippen LogP contribution in [-0.2, 0) is 14.2 Å². The number of hydrogen-bond donors (Lipinski definition) is 0. The predicted molar refractivity (Wildman–Crippen MR) is 152 cm³/mol. The number of alkyl halides is 2. The topological polar surface area (TPSA) is 27.7 Å². The van der Waals surface area contributed by atoms with Crippen molar-refractivity contribution in [3.8, 4) is 0 Å². The summed E-state index contributed by atoms with van der Waals surface area (Å²) in [5.74, 6) is 0. The zero-order valence-electron chi connectivity index (χ0n) is 21.6. The van der Waals surface area contributed by atoms with E-state index in [9.17, 15) is 0 Å². The normalized spacial score (nSPS) is 13.9. The molecule has 0 fully saturated rings. The van der Waals surface area contributed by atoms with Crippen molar-refractivity contribution in [2.75, 3.05) is 24.2 Å². The Hall–Kier alpha value is 0.320. The van der Waals surface area contributed by atoms with Crippen molar-refractivity contribution in [3.05, 3.63) is 24.3 Å². The summed E-state index contributed by atoms with van der Waals surface area (Å²) in [7, 11) is 0. The highest BCUT2D eigenvalue weighted by atomic mass is 79.9. The molecule has 0 aliphatic carbocycles. The molecule has 0 aromatic heterocycles. The Kier molecular flexibility index (Phi) is 28.8. The first-order valence-corrected chi connectivity index (χ1v) is 15.8. The second-order valence-corrected chi connectivity index (χ2v) is 10.4. The lowest BCUT2D eigenvalue weighted by Crippen LogP contribution is -2.19. The van der Waals surface area contributed by atoms with Crippen LogP contribution in [0.3, 0.4) is 0 Å². The van der Waals surface area contributed by atoms with Crippen molar-refractivity contribution in [2.45, 2.75) is 129 Å². The molecule has 196 valence electrons. The lowest BCUT2D eigenvalue weighted by Gasteiger charge is -2.20. The monoisotopic (exact) mass is 594 g/mol. The van der Waals surface area contributed by atoms with E-state index >= 15 is 0 Å². The van der Waals surface area contributed by atoms with Crippen molar-refractivity contribution < 1.29 is 14.2 Å². The van der Waals surface area contributed by atoms with Crippen LogP contribution in [0.25, 0.3) is 0 Å². The average Bonchev–Trinajstić information content (AvgIpc) is 2.82. The average molecular weight is 597 g/mol. The minimum Gasteiger partial charge on any atom is -0.352 e. The highest BCUT2D eigenvalue weighted by molar-refractivity contribution is 9.09. The molecule has 0 heterocycles. The zero-order chi connectivity index (χ0) is 24.2. The summed E-state index contributed by atoms with van der Waals surface area (Å²) in [5.41, 5.74) is 0. The Balaban J connectivity index is 4.25. The molecule has 0 saturated carbocycles. The summed E-state index contributed by atoms with van der Waals surface area (Å²) >= 11 is 6.95. The van der Waals surface area contributed by atoms with Gasteiger partial charge in [0.05, 0.1) is 12.2 Å². The number of hydrogen-bond acceptors (Lipinski definition) is 3. The number of halogens is 2. The third kappa shape index (κ3) is 25.2. The number of ether oxygens (including phenoxy) is 3. The van der Waals surface area contributed by atoms with E-state index in [1.807, 2.05) is 0 Å². The van der Waals surface area contributed by atoms with E-state index in [1.165, 1.54) is 51.4 Å². The standard InChI is InChI=1S/C28H52Br2O3/c1-3-5-7-13-19-27(21-15-9-11-17-23-29)32-25-31-26-33-28(20-14-8-6-4-2)22-16-10-12-18-24-30/h9-12,27-28H,3-8,13-26H2,1-2H3/b11-9-,12-10-. The first kappa shape index (κ1) is 33.3. The van der Waals surface area contributed by atoms with Gasteiger partial charge in [-0.2, -0.15) is 0 Å². The molecule has 0 aromatic rings. The van der Waals surface area contributed by atoms with Gasteiger partial charge in [-0.05, 0) is 51.4 Å². The van der Waals surface area contributed by atoms with Crippen LogP contribution >= 0.6 is 31.9 Å². The summed E-state index contributed by atoms with van der Waals surface area (Å²) in [6, 6.07) is 0. The van der Waals surface area contributed by atoms with Crippen LogP contribution in [0.4, 0.5) is 0 Å². The summed E-state index contributed by atoms with van der Waals surface area (Å²) < 4.78 is 17.9. The molecule has 0 aliphatic heterocycles. The van der Waals surface area contributed by atoms with Gasteiger partial charge in [0.25, 0.3) is 0 Å². The van der Waals surface area contributed by atoms with E-state index in [-0.39, 0.29) is 12.2 Å². The molecule has 0 amide bonds. The lowest BCUT2D eigenvalue weighted by molar-refractivity contribution is -0.167. The maximum Gasteiger partial charge on any atom is 0.149 e. The molecule has 0 N–H and O–H groups in total.